The number of nitrogens with zero attached hydrogens (tertiary/aromatic N) is 1. The first-order valence-corrected chi connectivity index (χ1v) is 20.1. The summed E-state index contributed by atoms with van der Waals surface area (Å²) in [6, 6.07) is 11.4. The first kappa shape index (κ1) is 39.9. The first-order valence-electron chi connectivity index (χ1n) is 17.0. The molecular weight excluding hydrogens is 667 g/mol. The Balaban J connectivity index is 2.01. The fourth-order valence-electron chi connectivity index (χ4n) is 5.80. The molecule has 0 saturated heterocycles. The van der Waals surface area contributed by atoms with Gasteiger partial charge in [0.1, 0.15) is 12.3 Å². The molecule has 0 fully saturated rings. The molecule has 3 rings (SSSR count). The summed E-state index contributed by atoms with van der Waals surface area (Å²) in [5, 5.41) is 11.8. The minimum absolute atomic E-state index is 0.0101. The molecule has 0 spiro atoms. The second-order valence-corrected chi connectivity index (χ2v) is 16.0. The van der Waals surface area contributed by atoms with Crippen LogP contribution in [-0.4, -0.2) is 67.1 Å². The van der Waals surface area contributed by atoms with Gasteiger partial charge in [-0.1, -0.05) is 64.5 Å². The number of allylic oxidation sites excluding steroid dienone is 1. The molecule has 0 aliphatic carbocycles. The number of benzene rings is 2. The largest absolute Gasteiger partial charge is 0.506 e. The van der Waals surface area contributed by atoms with Crippen LogP contribution in [0, 0.1) is 0 Å². The van der Waals surface area contributed by atoms with E-state index in [1.54, 1.807) is 32.1 Å². The summed E-state index contributed by atoms with van der Waals surface area (Å²) < 4.78 is 65.0. The van der Waals surface area contributed by atoms with Crippen LogP contribution in [0.15, 0.2) is 58.2 Å². The molecule has 0 aliphatic heterocycles. The van der Waals surface area contributed by atoms with Crippen LogP contribution in [0.5, 0.6) is 5.75 Å². The van der Waals surface area contributed by atoms with Gasteiger partial charge in [-0.3, -0.25) is 13.9 Å². The van der Waals surface area contributed by atoms with E-state index in [1.807, 2.05) is 12.1 Å². The molecule has 0 radical (unpaired) electrons. The zero-order chi connectivity index (χ0) is 36.2. The van der Waals surface area contributed by atoms with E-state index in [4.69, 9.17) is 4.55 Å². The Kier molecular flexibility index (Phi) is 14.6. The average Bonchev–Trinajstić information content (AvgIpc) is 3.03. The molecule has 1 aromatic heterocycles. The van der Waals surface area contributed by atoms with Gasteiger partial charge in [0.05, 0.1) is 27.1 Å². The van der Waals surface area contributed by atoms with Crippen LogP contribution in [0.1, 0.15) is 96.6 Å². The minimum atomic E-state index is -4.48. The van der Waals surface area contributed by atoms with E-state index in [9.17, 15) is 31.3 Å². The summed E-state index contributed by atoms with van der Waals surface area (Å²) in [6.45, 7) is 9.89. The van der Waals surface area contributed by atoms with E-state index in [0.29, 0.717) is 22.2 Å². The van der Waals surface area contributed by atoms with E-state index in [-0.39, 0.29) is 29.2 Å². The van der Waals surface area contributed by atoms with Gasteiger partial charge < -0.3 is 15.0 Å². The molecule has 0 aliphatic rings. The number of anilines is 1. The van der Waals surface area contributed by atoms with Crippen molar-refractivity contribution in [1.82, 2.24) is 4.98 Å². The molecule has 0 atom stereocenters. The molecule has 2 aromatic carbocycles. The van der Waals surface area contributed by atoms with E-state index in [0.717, 1.165) is 57.3 Å². The minimum Gasteiger partial charge on any atom is -0.506 e. The number of nitrogens with one attached hydrogen (secondary N) is 2. The van der Waals surface area contributed by atoms with Crippen molar-refractivity contribution in [2.24, 2.45) is 0 Å². The van der Waals surface area contributed by atoms with Gasteiger partial charge in [0.15, 0.2) is 5.71 Å². The molecule has 0 saturated carbocycles. The Morgan fingerprint density at radius 1 is 0.898 bits per heavy atom. The number of pyridine rings is 1. The lowest BCUT2D eigenvalue weighted by molar-refractivity contribution is -0.459. The molecule has 5 N–H and O–H groups in total. The van der Waals surface area contributed by atoms with E-state index >= 15 is 0 Å². The van der Waals surface area contributed by atoms with Crippen LogP contribution in [-0.2, 0) is 25.7 Å². The van der Waals surface area contributed by atoms with Gasteiger partial charge in [0, 0.05) is 36.7 Å². The quantitative estimate of drug-likeness (QED) is 0.0594. The highest BCUT2D eigenvalue weighted by Gasteiger charge is 2.32. The maximum atomic E-state index is 13.4. The van der Waals surface area contributed by atoms with Crippen LogP contribution in [0.3, 0.4) is 0 Å². The van der Waals surface area contributed by atoms with Crippen molar-refractivity contribution in [2.45, 2.75) is 95.8 Å². The topological polar surface area (TPSA) is 179 Å². The summed E-state index contributed by atoms with van der Waals surface area (Å²) in [6.07, 6.45) is 12.2. The van der Waals surface area contributed by atoms with E-state index in [2.05, 4.69) is 28.7 Å². The monoisotopic (exact) mass is 718 g/mol. The number of aromatic nitrogens is 1. The second kappa shape index (κ2) is 17.9. The number of unbranched alkanes of at least 4 members (excludes halogenated alkanes) is 6. The van der Waals surface area contributed by atoms with Crippen LogP contribution < -0.4 is 15.5 Å². The molecule has 0 amide bonds. The highest BCUT2D eigenvalue weighted by Crippen LogP contribution is 2.31. The number of aromatic amines is 1. The van der Waals surface area contributed by atoms with Crippen molar-refractivity contribution in [3.63, 3.8) is 0 Å². The number of fused-ring (bicyclic) bond motifs is 1. The zero-order valence-corrected chi connectivity index (χ0v) is 30.7. The van der Waals surface area contributed by atoms with Crippen LogP contribution in [0.2, 0.25) is 0 Å². The SMILES string of the molecule is CCCCCCN(CCCCCC)c1ccc2c(O)c(/C=C/C(=[NH+]CCCS(=O)(=O)O)C(C)(C)c3cccc(S(=O)(=O)O)c3)c(=O)[nH]c2c1. The Bertz CT molecular complexity index is 1890. The molecule has 49 heavy (non-hydrogen) atoms. The third kappa shape index (κ3) is 11.8. The lowest BCUT2D eigenvalue weighted by Gasteiger charge is -2.25. The molecule has 270 valence electrons. The van der Waals surface area contributed by atoms with Crippen molar-refractivity contribution in [1.29, 1.82) is 0 Å². The van der Waals surface area contributed by atoms with Crippen molar-refractivity contribution in [2.75, 3.05) is 30.3 Å². The summed E-state index contributed by atoms with van der Waals surface area (Å²) in [4.78, 5) is 21.5. The van der Waals surface area contributed by atoms with Crippen LogP contribution >= 0.6 is 0 Å². The van der Waals surface area contributed by atoms with Gasteiger partial charge >= 0.3 is 0 Å². The van der Waals surface area contributed by atoms with Crippen molar-refractivity contribution < 1.29 is 36.0 Å². The smallest absolute Gasteiger partial charge is 0.294 e. The lowest BCUT2D eigenvalue weighted by atomic mass is 9.79. The molecular formula is C36H52N3O8S2+. The Morgan fingerprint density at radius 2 is 1.55 bits per heavy atom. The standard InChI is InChI=1S/C36H51N3O8S2/c1-5-7-9-11-22-39(23-12-10-8-6-2)28-17-18-30-32(26-28)38-35(41)31(34(30)40)19-20-33(37-21-14-24-48(42,43)44)36(3,4)27-15-13-16-29(25-27)49(45,46)47/h13,15-20,25-26H,5-12,14,21-24H2,1-4H3,(H2,38,40,41)(H,42,43,44)(H,45,46,47)/p+1/b20-19+,37-33?. The van der Waals surface area contributed by atoms with Crippen LogP contribution in [0.25, 0.3) is 17.0 Å². The molecule has 11 nitrogen and oxygen atoms in total. The summed E-state index contributed by atoms with van der Waals surface area (Å²) in [5.41, 5.74) is 1.02. The summed E-state index contributed by atoms with van der Waals surface area (Å²) in [7, 11) is -8.67. The Morgan fingerprint density at radius 3 is 2.14 bits per heavy atom. The maximum Gasteiger partial charge on any atom is 0.294 e. The van der Waals surface area contributed by atoms with Gasteiger partial charge in [-0.25, -0.2) is 4.99 Å². The number of hydrogen-bond donors (Lipinski definition) is 5. The third-order valence-electron chi connectivity index (χ3n) is 8.77. The number of rotatable bonds is 20. The van der Waals surface area contributed by atoms with Gasteiger partial charge in [-0.2, -0.15) is 16.8 Å². The highest BCUT2D eigenvalue weighted by molar-refractivity contribution is 7.86. The summed E-state index contributed by atoms with van der Waals surface area (Å²) >= 11 is 0. The highest BCUT2D eigenvalue weighted by atomic mass is 32.2. The molecule has 3 aromatic rings. The summed E-state index contributed by atoms with van der Waals surface area (Å²) in [5.74, 6) is -0.673. The molecule has 13 heteroatoms. The van der Waals surface area contributed by atoms with Gasteiger partial charge in [0.2, 0.25) is 0 Å². The number of H-pyrrole nitrogens is 1. The van der Waals surface area contributed by atoms with Gasteiger partial charge in [-0.15, -0.1) is 0 Å². The second-order valence-electron chi connectivity index (χ2n) is 13.0. The predicted molar refractivity (Wildman–Crippen MR) is 197 cm³/mol. The third-order valence-corrected chi connectivity index (χ3v) is 10.4. The molecule has 0 unspecified atom stereocenters. The van der Waals surface area contributed by atoms with Crippen molar-refractivity contribution in [3.05, 3.63) is 70.0 Å². The fraction of sp³-hybridized carbons (Fsp3) is 0.500. The molecule has 1 heterocycles. The van der Waals surface area contributed by atoms with Crippen molar-refractivity contribution >= 4 is 48.6 Å². The van der Waals surface area contributed by atoms with Crippen molar-refractivity contribution in [3.8, 4) is 5.75 Å². The van der Waals surface area contributed by atoms with Gasteiger partial charge in [0.25, 0.3) is 25.8 Å². The predicted octanol–water partition coefficient (Wildman–Crippen LogP) is 5.24. The lowest BCUT2D eigenvalue weighted by Crippen LogP contribution is -2.76. The number of hydrogen-bond acceptors (Lipinski definition) is 7. The maximum absolute atomic E-state index is 13.4. The Hall–Kier alpha value is -3.52. The van der Waals surface area contributed by atoms with E-state index in [1.165, 1.54) is 37.1 Å². The average molecular weight is 719 g/mol. The number of aromatic hydroxyl groups is 1. The normalized spacial score (nSPS) is 13.1. The fourth-order valence-corrected chi connectivity index (χ4v) is 6.83. The zero-order valence-electron chi connectivity index (χ0n) is 29.0. The molecule has 0 bridgehead atoms. The van der Waals surface area contributed by atoms with Crippen LogP contribution in [0.4, 0.5) is 5.69 Å². The Labute approximate surface area is 290 Å². The van der Waals surface area contributed by atoms with Gasteiger partial charge in [-0.05, 0) is 68.7 Å². The van der Waals surface area contributed by atoms with E-state index < -0.39 is 37.0 Å². The first-order chi connectivity index (χ1) is 23.1.